The number of hydrogen-bond acceptors (Lipinski definition) is 6. The van der Waals surface area contributed by atoms with Gasteiger partial charge in [-0.3, -0.25) is 0 Å². The van der Waals surface area contributed by atoms with Crippen molar-refractivity contribution in [3.63, 3.8) is 0 Å². The van der Waals surface area contributed by atoms with E-state index in [1.54, 1.807) is 12.1 Å². The van der Waals surface area contributed by atoms with Crippen LogP contribution >= 0.6 is 0 Å². The van der Waals surface area contributed by atoms with Crippen molar-refractivity contribution in [3.8, 4) is 45.6 Å². The van der Waals surface area contributed by atoms with Crippen LogP contribution in [0.4, 0.5) is 53.1 Å². The van der Waals surface area contributed by atoms with Crippen molar-refractivity contribution in [2.75, 3.05) is 0 Å². The quantitative estimate of drug-likeness (QED) is 0.126. The zero-order valence-electron chi connectivity index (χ0n) is 27.6. The summed E-state index contributed by atoms with van der Waals surface area (Å²) in [6.07, 6.45) is 0. The Hall–Kier alpha value is -6.26. The molecule has 299 valence electrons. The van der Waals surface area contributed by atoms with E-state index in [2.05, 4.69) is 34.9 Å². The number of fused-ring (bicyclic) bond motifs is 20. The Balaban J connectivity index is 1.69. The second kappa shape index (κ2) is 2.85. The van der Waals surface area contributed by atoms with Crippen molar-refractivity contribution in [2.24, 2.45) is 0 Å². The summed E-state index contributed by atoms with van der Waals surface area (Å²) in [5, 5.41) is -7.45. The third-order valence-electron chi connectivity index (χ3n) is 9.97. The summed E-state index contributed by atoms with van der Waals surface area (Å²) in [6.45, 7) is 0. The Labute approximate surface area is 284 Å². The average molecular weight is 883 g/mol. The van der Waals surface area contributed by atoms with Gasteiger partial charge in [0.25, 0.3) is 0 Å². The molecule has 5 heterocycles. The summed E-state index contributed by atoms with van der Waals surface area (Å²) in [5.74, 6) is -3.37. The molecule has 2 N–H and O–H groups in total. The van der Waals surface area contributed by atoms with Gasteiger partial charge in [-0.15, -0.1) is 0 Å². The van der Waals surface area contributed by atoms with Crippen molar-refractivity contribution < 1.29 is 60.5 Å². The SMILES string of the molecule is [F][Zn]([F])([F])([F])([F])([F])([F])([F])([F])([F])([F])([F])([F])([F])([F])([F])[c]1cccc2c3nc4nc(nc5[nH]c(nc6nc(nc([nH]3)c12)-c1ccccc1-6)c1ccccc51)-c1ccccc1-4. The van der Waals surface area contributed by atoms with Crippen LogP contribution in [-0.4, -0.2) is 39.9 Å². The maximum atomic E-state index is 14.6. The fourth-order valence-corrected chi connectivity index (χ4v) is 16.1. The molecule has 7 aromatic rings. The summed E-state index contributed by atoms with van der Waals surface area (Å²) >= 11 is 0. The van der Waals surface area contributed by atoms with Gasteiger partial charge in [-0.05, 0) is 0 Å². The minimum absolute atomic E-state index is 0.00248. The zero-order chi connectivity index (χ0) is 42.3. The molecular weight excluding hydrogens is 866 g/mol. The summed E-state index contributed by atoms with van der Waals surface area (Å²) in [6, 6.07) is 9.42. The number of nitrogens with one attached hydrogen (secondary N) is 2. The van der Waals surface area contributed by atoms with Gasteiger partial charge < -0.3 is 0 Å². The van der Waals surface area contributed by atoms with Crippen molar-refractivity contribution in [2.45, 2.75) is 0 Å². The fourth-order valence-electron chi connectivity index (χ4n) is 7.54. The van der Waals surface area contributed by atoms with E-state index in [0.717, 1.165) is 29.2 Å². The predicted octanol–water partition coefficient (Wildman–Crippen LogP) is 12.8. The van der Waals surface area contributed by atoms with E-state index >= 15 is 0 Å². The van der Waals surface area contributed by atoms with E-state index in [1.807, 2.05) is 0 Å². The number of aromatic nitrogens is 8. The molecule has 8 bridgehead atoms. The molecule has 2 aliphatic rings. The maximum absolute atomic E-state index is 33.8. The molecule has 4 aromatic carbocycles. The first-order valence-electron chi connectivity index (χ1n) is 17.5. The molecule has 57 heavy (non-hydrogen) atoms. The normalized spacial score (nSPS) is 29.7. The molecule has 0 aliphatic carbocycles. The molecule has 2 aliphatic heterocycles. The van der Waals surface area contributed by atoms with Gasteiger partial charge in [0.1, 0.15) is 0 Å². The van der Waals surface area contributed by atoms with E-state index in [1.165, 1.54) is 36.4 Å². The summed E-state index contributed by atoms with van der Waals surface area (Å²) < 4.78 is 225. The second-order valence-electron chi connectivity index (χ2n) is 24.3. The fraction of sp³-hybridized carbons (Fsp3) is 0. The Morgan fingerprint density at radius 3 is 0.982 bits per heavy atom. The first kappa shape index (κ1) is 36.4. The summed E-state index contributed by atoms with van der Waals surface area (Å²) in [5.41, 5.74) is -6.67. The van der Waals surface area contributed by atoms with E-state index in [-0.39, 0.29) is 33.4 Å². The number of hydrogen-bond donors (Lipinski definition) is 2. The van der Waals surface area contributed by atoms with Gasteiger partial charge in [-0.25, -0.2) is 0 Å². The van der Waals surface area contributed by atoms with Crippen molar-refractivity contribution in [3.05, 3.63) is 91.0 Å². The Kier molecular flexibility index (Phi) is 1.82. The average Bonchev–Trinajstić information content (AvgIpc) is 3.74. The topological polar surface area (TPSA) is 109 Å². The van der Waals surface area contributed by atoms with Crippen LogP contribution in [0.3, 0.4) is 0 Å². The van der Waals surface area contributed by atoms with Crippen LogP contribution in [0.5, 0.6) is 0 Å². The number of benzene rings is 4. The first-order valence-corrected chi connectivity index (χ1v) is 37.0. The third-order valence-corrected chi connectivity index (χ3v) is 20.9. The Bertz CT molecular complexity index is 4090. The number of aromatic amines is 2. The van der Waals surface area contributed by atoms with E-state index < -0.39 is 80.7 Å². The van der Waals surface area contributed by atoms with Crippen molar-refractivity contribution >= 4 is 48.3 Å². The van der Waals surface area contributed by atoms with Crippen LogP contribution in [-0.2, 0) is 7.45 Å². The third kappa shape index (κ3) is 6.06. The molecule has 25 heteroatoms. The molecule has 8 nitrogen and oxygen atoms in total. The summed E-state index contributed by atoms with van der Waals surface area (Å²) in [4.78, 5) is 26.7. The Morgan fingerprint density at radius 1 is 0.316 bits per heavy atom. The van der Waals surface area contributed by atoms with Gasteiger partial charge in [0.05, 0.1) is 0 Å². The van der Waals surface area contributed by atoms with Crippen LogP contribution in [0.25, 0.3) is 89.7 Å². The van der Waals surface area contributed by atoms with E-state index in [9.17, 15) is 53.1 Å². The summed E-state index contributed by atoms with van der Waals surface area (Å²) in [7, 11) is -33.8. The van der Waals surface area contributed by atoms with Crippen LogP contribution < -0.4 is 4.16 Å². The van der Waals surface area contributed by atoms with Gasteiger partial charge in [-0.2, -0.15) is 0 Å². The molecule has 9 rings (SSSR count). The molecule has 0 saturated heterocycles. The van der Waals surface area contributed by atoms with Crippen LogP contribution in [0.2, 0.25) is 0 Å². The Morgan fingerprint density at radius 2 is 0.614 bits per heavy atom. The molecule has 0 spiro atoms. The molecule has 0 unspecified atom stereocenters. The van der Waals surface area contributed by atoms with Crippen LogP contribution in [0.1, 0.15) is 0 Å². The number of H-pyrrole nitrogens is 2. The van der Waals surface area contributed by atoms with Gasteiger partial charge in [-0.1, -0.05) is 6.07 Å². The molecular formula is C32H17F16N8Zn. The molecule has 0 saturated carbocycles. The van der Waals surface area contributed by atoms with Gasteiger partial charge in [0, 0.05) is 0 Å². The van der Waals surface area contributed by atoms with Gasteiger partial charge in [0.15, 0.2) is 0 Å². The van der Waals surface area contributed by atoms with Crippen LogP contribution in [0, 0.1) is 0 Å². The van der Waals surface area contributed by atoms with Crippen molar-refractivity contribution in [1.29, 1.82) is 0 Å². The monoisotopic (exact) mass is 881 g/mol. The van der Waals surface area contributed by atoms with Gasteiger partial charge >= 0.3 is 279 Å². The van der Waals surface area contributed by atoms with Crippen LogP contribution in [0.15, 0.2) is 91.0 Å². The molecule has 0 atom stereocenters. The number of halogens is 16. The van der Waals surface area contributed by atoms with Crippen molar-refractivity contribution in [1.82, 2.24) is 39.9 Å². The zero-order valence-corrected chi connectivity index (χ0v) is 30.6. The minimum atomic E-state index is -33.8. The number of rotatable bonds is 1. The molecule has 0 fully saturated rings. The second-order valence-corrected chi connectivity index (χ2v) is 85.8. The molecule has 3 aromatic heterocycles. The first-order chi connectivity index (χ1) is 23.7. The van der Waals surface area contributed by atoms with E-state index in [4.69, 9.17) is 0 Å². The molecule has 0 amide bonds. The predicted molar refractivity (Wildman–Crippen MR) is 173 cm³/mol. The van der Waals surface area contributed by atoms with E-state index in [0.29, 0.717) is 5.39 Å². The molecule has 0 radical (unpaired) electrons. The standard InChI is InChI=1S/C32H17N8.16FH.Zn/c1-2-10-18-17(9-1)25-33-26(18)38-28-21-13-5-6-14-22(21)30(35-28)40-32-24-16-8-7-15-23(24)31(36-32)39-29-20-12-4-3-11-19(20)27(34-29)37-25;;;;;;;;;;;;;;;;;/h1-15H,(H2,33,34,35,36,37,38,39,40);16*1H;/q;;;;;;;;;;;;;;;;;+16/p-16. The van der Waals surface area contributed by atoms with Gasteiger partial charge in [0.2, 0.25) is 0 Å². The number of nitrogens with zero attached hydrogens (tertiary/aromatic N) is 6.